The molecular formula is C21H27N3O3. The lowest BCUT2D eigenvalue weighted by Crippen LogP contribution is -2.34. The number of hydrogen-bond acceptors (Lipinski definition) is 5. The molecule has 144 valence electrons. The average Bonchev–Trinajstić information content (AvgIpc) is 2.71. The first-order chi connectivity index (χ1) is 13.1. The fourth-order valence-corrected chi connectivity index (χ4v) is 3.42. The third-order valence-electron chi connectivity index (χ3n) is 4.91. The summed E-state index contributed by atoms with van der Waals surface area (Å²) in [5.74, 6) is 1.85. The molecule has 1 saturated heterocycles. The predicted octanol–water partition coefficient (Wildman–Crippen LogP) is 3.27. The van der Waals surface area contributed by atoms with Crippen LogP contribution in [-0.4, -0.2) is 38.2 Å². The van der Waals surface area contributed by atoms with Gasteiger partial charge in [0.25, 0.3) is 5.91 Å². The van der Waals surface area contributed by atoms with Crippen LogP contribution in [0.4, 0.5) is 5.69 Å². The number of aromatic nitrogens is 1. The van der Waals surface area contributed by atoms with E-state index in [1.165, 1.54) is 12.8 Å². The van der Waals surface area contributed by atoms with Crippen LogP contribution in [0.5, 0.6) is 11.5 Å². The number of nitrogens with zero attached hydrogens (tertiary/aromatic N) is 2. The smallest absolute Gasteiger partial charge is 0.253 e. The molecule has 1 N–H and O–H groups in total. The van der Waals surface area contributed by atoms with Crippen LogP contribution in [0.1, 0.15) is 35.7 Å². The van der Waals surface area contributed by atoms with Gasteiger partial charge >= 0.3 is 0 Å². The third-order valence-corrected chi connectivity index (χ3v) is 4.91. The van der Waals surface area contributed by atoms with Crippen LogP contribution in [0, 0.1) is 5.92 Å². The van der Waals surface area contributed by atoms with E-state index in [9.17, 15) is 4.79 Å². The van der Waals surface area contributed by atoms with Crippen molar-refractivity contribution in [1.82, 2.24) is 10.3 Å². The van der Waals surface area contributed by atoms with Gasteiger partial charge in [-0.3, -0.25) is 9.78 Å². The van der Waals surface area contributed by atoms with Crippen molar-refractivity contribution in [3.8, 4) is 11.5 Å². The van der Waals surface area contributed by atoms with Crippen molar-refractivity contribution < 1.29 is 14.3 Å². The summed E-state index contributed by atoms with van der Waals surface area (Å²) in [5.41, 5.74) is 2.53. The Labute approximate surface area is 160 Å². The Balaban J connectivity index is 1.65. The monoisotopic (exact) mass is 369 g/mol. The third kappa shape index (κ3) is 4.70. The highest BCUT2D eigenvalue weighted by Gasteiger charge is 2.18. The second-order valence-electron chi connectivity index (χ2n) is 7.00. The summed E-state index contributed by atoms with van der Waals surface area (Å²) in [6.07, 6.45) is 5.89. The zero-order chi connectivity index (χ0) is 19.2. The SMILES string of the molecule is COc1ccc(CNC(=O)c2cncc(N3CCCC(C)C3)c2)cc1OC. The van der Waals surface area contributed by atoms with Gasteiger partial charge in [-0.15, -0.1) is 0 Å². The molecule has 0 spiro atoms. The quantitative estimate of drug-likeness (QED) is 0.847. The predicted molar refractivity (Wildman–Crippen MR) is 106 cm³/mol. The summed E-state index contributed by atoms with van der Waals surface area (Å²) in [4.78, 5) is 19.2. The number of piperidine rings is 1. The van der Waals surface area contributed by atoms with Crippen LogP contribution in [0.15, 0.2) is 36.7 Å². The highest BCUT2D eigenvalue weighted by Crippen LogP contribution is 2.27. The van der Waals surface area contributed by atoms with Crippen molar-refractivity contribution in [2.75, 3.05) is 32.2 Å². The summed E-state index contributed by atoms with van der Waals surface area (Å²) in [7, 11) is 3.20. The van der Waals surface area contributed by atoms with Crippen LogP contribution in [0.2, 0.25) is 0 Å². The van der Waals surface area contributed by atoms with Gasteiger partial charge in [0.2, 0.25) is 0 Å². The summed E-state index contributed by atoms with van der Waals surface area (Å²) >= 11 is 0. The van der Waals surface area contributed by atoms with Gasteiger partial charge in [0, 0.05) is 25.8 Å². The Morgan fingerprint density at radius 1 is 1.22 bits per heavy atom. The minimum absolute atomic E-state index is 0.135. The van der Waals surface area contributed by atoms with Crippen molar-refractivity contribution in [3.63, 3.8) is 0 Å². The fraction of sp³-hybridized carbons (Fsp3) is 0.429. The summed E-state index contributed by atoms with van der Waals surface area (Å²) in [5, 5.41) is 2.95. The molecule has 1 atom stereocenters. The van der Waals surface area contributed by atoms with Crippen molar-refractivity contribution in [1.29, 1.82) is 0 Å². The van der Waals surface area contributed by atoms with Gasteiger partial charge in [-0.25, -0.2) is 0 Å². The highest BCUT2D eigenvalue weighted by molar-refractivity contribution is 5.94. The zero-order valence-electron chi connectivity index (χ0n) is 16.2. The van der Waals surface area contributed by atoms with Crippen LogP contribution in [-0.2, 0) is 6.54 Å². The molecule has 6 nitrogen and oxygen atoms in total. The van der Waals surface area contributed by atoms with Gasteiger partial charge in [0.05, 0.1) is 31.7 Å². The molecule has 0 radical (unpaired) electrons. The largest absolute Gasteiger partial charge is 0.493 e. The molecule has 1 aliphatic rings. The molecule has 27 heavy (non-hydrogen) atoms. The average molecular weight is 369 g/mol. The number of pyridine rings is 1. The van der Waals surface area contributed by atoms with Crippen LogP contribution < -0.4 is 19.7 Å². The summed E-state index contributed by atoms with van der Waals surface area (Å²) < 4.78 is 10.5. The molecule has 3 rings (SSSR count). The van der Waals surface area contributed by atoms with E-state index in [0.29, 0.717) is 29.5 Å². The van der Waals surface area contributed by atoms with Crippen LogP contribution in [0.3, 0.4) is 0 Å². The van der Waals surface area contributed by atoms with Crippen molar-refractivity contribution in [2.24, 2.45) is 5.92 Å². The number of nitrogens with one attached hydrogen (secondary N) is 1. The number of hydrogen-bond donors (Lipinski definition) is 1. The lowest BCUT2D eigenvalue weighted by Gasteiger charge is -2.32. The molecule has 0 bridgehead atoms. The molecule has 2 heterocycles. The molecule has 2 aromatic rings. The zero-order valence-corrected chi connectivity index (χ0v) is 16.2. The van der Waals surface area contributed by atoms with E-state index in [0.717, 1.165) is 24.3 Å². The van der Waals surface area contributed by atoms with E-state index in [4.69, 9.17) is 9.47 Å². The van der Waals surface area contributed by atoms with Crippen molar-refractivity contribution >= 4 is 11.6 Å². The van der Waals surface area contributed by atoms with Crippen molar-refractivity contribution in [2.45, 2.75) is 26.3 Å². The molecule has 6 heteroatoms. The minimum Gasteiger partial charge on any atom is -0.493 e. The minimum atomic E-state index is -0.135. The fourth-order valence-electron chi connectivity index (χ4n) is 3.42. The molecule has 1 aromatic carbocycles. The van der Waals surface area contributed by atoms with E-state index in [1.807, 2.05) is 30.5 Å². The van der Waals surface area contributed by atoms with Gasteiger partial charge in [0.15, 0.2) is 11.5 Å². The maximum absolute atomic E-state index is 12.6. The number of anilines is 1. The Hall–Kier alpha value is -2.76. The standard InChI is InChI=1S/C21H27N3O3/c1-15-5-4-8-24(14-15)18-10-17(12-22-13-18)21(25)23-11-16-6-7-19(26-2)20(9-16)27-3/h6-7,9-10,12-13,15H,4-5,8,11,14H2,1-3H3,(H,23,25). The first-order valence-corrected chi connectivity index (χ1v) is 9.30. The second-order valence-corrected chi connectivity index (χ2v) is 7.00. The number of benzene rings is 1. The van der Waals surface area contributed by atoms with Gasteiger partial charge < -0.3 is 19.7 Å². The maximum atomic E-state index is 12.6. The Kier molecular flexibility index (Phi) is 6.16. The Morgan fingerprint density at radius 3 is 2.78 bits per heavy atom. The number of carbonyl (C=O) groups is 1. The van der Waals surface area contributed by atoms with E-state index >= 15 is 0 Å². The van der Waals surface area contributed by atoms with E-state index in [-0.39, 0.29) is 5.91 Å². The molecular weight excluding hydrogens is 342 g/mol. The van der Waals surface area contributed by atoms with Gasteiger partial charge in [-0.05, 0) is 42.5 Å². The van der Waals surface area contributed by atoms with Crippen molar-refractivity contribution in [3.05, 3.63) is 47.8 Å². The lowest BCUT2D eigenvalue weighted by atomic mass is 10.00. The highest BCUT2D eigenvalue weighted by atomic mass is 16.5. The van der Waals surface area contributed by atoms with Crippen LogP contribution >= 0.6 is 0 Å². The maximum Gasteiger partial charge on any atom is 0.253 e. The van der Waals surface area contributed by atoms with E-state index in [2.05, 4.69) is 22.1 Å². The topological polar surface area (TPSA) is 63.7 Å². The van der Waals surface area contributed by atoms with Gasteiger partial charge in [-0.1, -0.05) is 13.0 Å². The summed E-state index contributed by atoms with van der Waals surface area (Å²) in [6.45, 7) is 4.70. The molecule has 0 saturated carbocycles. The number of amides is 1. The number of methoxy groups -OCH3 is 2. The van der Waals surface area contributed by atoms with E-state index in [1.54, 1.807) is 20.4 Å². The molecule has 0 aliphatic carbocycles. The number of carbonyl (C=O) groups excluding carboxylic acids is 1. The molecule has 1 fully saturated rings. The molecule has 1 aliphatic heterocycles. The Morgan fingerprint density at radius 2 is 2.04 bits per heavy atom. The lowest BCUT2D eigenvalue weighted by molar-refractivity contribution is 0.0950. The van der Waals surface area contributed by atoms with Crippen LogP contribution in [0.25, 0.3) is 0 Å². The second kappa shape index (κ2) is 8.75. The summed E-state index contributed by atoms with van der Waals surface area (Å²) in [6, 6.07) is 7.53. The number of rotatable bonds is 6. The Bertz CT molecular complexity index is 794. The molecule has 1 unspecified atom stereocenters. The first kappa shape index (κ1) is 19.0. The van der Waals surface area contributed by atoms with Gasteiger partial charge in [-0.2, -0.15) is 0 Å². The first-order valence-electron chi connectivity index (χ1n) is 9.30. The normalized spacial score (nSPS) is 16.7. The molecule has 1 amide bonds. The number of ether oxygens (including phenoxy) is 2. The van der Waals surface area contributed by atoms with Gasteiger partial charge in [0.1, 0.15) is 0 Å². The molecule has 1 aromatic heterocycles. The van der Waals surface area contributed by atoms with E-state index < -0.39 is 0 Å².